The van der Waals surface area contributed by atoms with Gasteiger partial charge in [-0.25, -0.2) is 13.6 Å². The Kier molecular flexibility index (Phi) is 3.70. The van der Waals surface area contributed by atoms with Gasteiger partial charge in [-0.1, -0.05) is 30.3 Å². The predicted molar refractivity (Wildman–Crippen MR) is 83.5 cm³/mol. The van der Waals surface area contributed by atoms with E-state index in [9.17, 15) is 13.2 Å². The molecule has 1 aliphatic heterocycles. The van der Waals surface area contributed by atoms with Crippen molar-refractivity contribution in [3.8, 4) is 11.4 Å². The maximum absolute atomic E-state index is 12.1. The summed E-state index contributed by atoms with van der Waals surface area (Å²) in [7, 11) is -3.81. The average Bonchev–Trinajstić information content (AvgIpc) is 2.90. The van der Waals surface area contributed by atoms with Crippen molar-refractivity contribution in [1.82, 2.24) is 15.0 Å². The van der Waals surface area contributed by atoms with Crippen LogP contribution in [0.1, 0.15) is 6.42 Å². The van der Waals surface area contributed by atoms with Crippen LogP contribution in [0.3, 0.4) is 0 Å². The summed E-state index contributed by atoms with van der Waals surface area (Å²) in [5, 5.41) is 4.13. The first-order valence-electron chi connectivity index (χ1n) is 6.73. The number of amides is 1. The van der Waals surface area contributed by atoms with Crippen LogP contribution in [0.2, 0.25) is 0 Å². The van der Waals surface area contributed by atoms with Crippen LogP contribution in [0.25, 0.3) is 11.4 Å². The molecule has 0 spiro atoms. The second kappa shape index (κ2) is 5.56. The Bertz CT molecular complexity index is 855. The zero-order chi connectivity index (χ0) is 16.6. The van der Waals surface area contributed by atoms with Crippen LogP contribution >= 0.6 is 0 Å². The van der Waals surface area contributed by atoms with Gasteiger partial charge in [0.15, 0.2) is 5.82 Å². The predicted octanol–water partition coefficient (Wildman–Crippen LogP) is -0.485. The number of aromatic nitrogens is 3. The molecule has 2 heterocycles. The molecule has 4 N–H and O–H groups in total. The molecular formula is C13H14N6O3S. The lowest BCUT2D eigenvalue weighted by molar-refractivity contribution is -0.117. The molecule has 9 nitrogen and oxygen atoms in total. The van der Waals surface area contributed by atoms with E-state index in [0.29, 0.717) is 11.4 Å². The fourth-order valence-electron chi connectivity index (χ4n) is 2.31. The number of carbonyl (C=O) groups is 1. The summed E-state index contributed by atoms with van der Waals surface area (Å²) in [4.78, 5) is 25.4. The number of nitrogens with two attached hydrogens (primary N) is 2. The van der Waals surface area contributed by atoms with Gasteiger partial charge in [0, 0.05) is 18.5 Å². The third-order valence-electron chi connectivity index (χ3n) is 3.47. The molecule has 1 aromatic heterocycles. The fraction of sp³-hybridized carbons (Fsp3) is 0.231. The number of hydrogen-bond acceptors (Lipinski definition) is 7. The maximum atomic E-state index is 12.1. The van der Waals surface area contributed by atoms with Gasteiger partial charge in [-0.2, -0.15) is 15.0 Å². The molecule has 1 atom stereocenters. The lowest BCUT2D eigenvalue weighted by Gasteiger charge is -2.15. The van der Waals surface area contributed by atoms with Gasteiger partial charge < -0.3 is 5.73 Å². The summed E-state index contributed by atoms with van der Waals surface area (Å²) in [6, 6.07) is 9.05. The fourth-order valence-corrected chi connectivity index (χ4v) is 3.04. The average molecular weight is 334 g/mol. The van der Waals surface area contributed by atoms with Gasteiger partial charge in [-0.3, -0.25) is 9.69 Å². The molecule has 1 aliphatic rings. The van der Waals surface area contributed by atoms with Crippen LogP contribution in [0.4, 0.5) is 11.9 Å². The Labute approximate surface area is 132 Å². The van der Waals surface area contributed by atoms with Crippen molar-refractivity contribution in [2.24, 2.45) is 5.14 Å². The largest absolute Gasteiger partial charge is 0.368 e. The zero-order valence-corrected chi connectivity index (χ0v) is 12.8. The molecule has 120 valence electrons. The number of carbonyl (C=O) groups excluding carboxylic acids is 1. The SMILES string of the molecule is Nc1nc(-c2ccccc2)nc(N2CC(S(N)(=O)=O)CC2=O)n1. The molecule has 3 rings (SSSR count). The number of primary sulfonamides is 1. The first kappa shape index (κ1) is 15.3. The number of rotatable bonds is 3. The molecule has 0 saturated carbocycles. The molecule has 1 unspecified atom stereocenters. The van der Waals surface area contributed by atoms with Gasteiger partial charge in [0.25, 0.3) is 0 Å². The van der Waals surface area contributed by atoms with Crippen molar-refractivity contribution in [3.05, 3.63) is 30.3 Å². The topological polar surface area (TPSA) is 145 Å². The van der Waals surface area contributed by atoms with Crippen LogP contribution in [0.5, 0.6) is 0 Å². The number of benzene rings is 1. The van der Waals surface area contributed by atoms with E-state index in [2.05, 4.69) is 15.0 Å². The number of nitrogens with zero attached hydrogens (tertiary/aromatic N) is 4. The monoisotopic (exact) mass is 334 g/mol. The van der Waals surface area contributed by atoms with E-state index >= 15 is 0 Å². The normalized spacial score (nSPS) is 18.4. The van der Waals surface area contributed by atoms with Crippen molar-refractivity contribution in [2.45, 2.75) is 11.7 Å². The van der Waals surface area contributed by atoms with Crippen molar-refractivity contribution in [1.29, 1.82) is 0 Å². The molecule has 10 heteroatoms. The minimum absolute atomic E-state index is 0.0208. The van der Waals surface area contributed by atoms with Crippen molar-refractivity contribution in [2.75, 3.05) is 17.2 Å². The van der Waals surface area contributed by atoms with Gasteiger partial charge >= 0.3 is 0 Å². The molecule has 23 heavy (non-hydrogen) atoms. The number of anilines is 2. The first-order valence-corrected chi connectivity index (χ1v) is 8.34. The standard InChI is InChI=1S/C13H14N6O3S/c14-12-16-11(8-4-2-1-3-5-8)17-13(18-12)19-7-9(6-10(19)20)23(15,21)22/h1-5,9H,6-7H2,(H2,15,21,22)(H2,14,16,17,18). The molecule has 2 aromatic rings. The van der Waals surface area contributed by atoms with Crippen molar-refractivity contribution in [3.63, 3.8) is 0 Å². The Morgan fingerprint density at radius 1 is 1.13 bits per heavy atom. The minimum atomic E-state index is -3.81. The smallest absolute Gasteiger partial charge is 0.237 e. The first-order chi connectivity index (χ1) is 10.8. The number of nitrogen functional groups attached to an aromatic ring is 1. The van der Waals surface area contributed by atoms with Crippen LogP contribution in [-0.4, -0.2) is 41.1 Å². The summed E-state index contributed by atoms with van der Waals surface area (Å²) in [5.74, 6) is -0.151. The van der Waals surface area contributed by atoms with Gasteiger partial charge in [0.2, 0.25) is 27.8 Å². The molecule has 1 amide bonds. The zero-order valence-electron chi connectivity index (χ0n) is 12.0. The van der Waals surface area contributed by atoms with E-state index in [1.165, 1.54) is 4.90 Å². The molecule has 0 bridgehead atoms. The number of hydrogen-bond donors (Lipinski definition) is 2. The molecule has 1 fully saturated rings. The third-order valence-corrected chi connectivity index (χ3v) is 4.71. The summed E-state index contributed by atoms with van der Waals surface area (Å²) in [5.41, 5.74) is 6.39. The van der Waals surface area contributed by atoms with E-state index in [-0.39, 0.29) is 24.9 Å². The second-order valence-corrected chi connectivity index (χ2v) is 6.95. The quantitative estimate of drug-likeness (QED) is 0.770. The highest BCUT2D eigenvalue weighted by Crippen LogP contribution is 2.24. The van der Waals surface area contributed by atoms with E-state index in [0.717, 1.165) is 0 Å². The van der Waals surface area contributed by atoms with E-state index in [1.807, 2.05) is 18.2 Å². The molecule has 1 saturated heterocycles. The van der Waals surface area contributed by atoms with E-state index in [1.54, 1.807) is 12.1 Å². The molecular weight excluding hydrogens is 320 g/mol. The van der Waals surface area contributed by atoms with Crippen LogP contribution in [0.15, 0.2) is 30.3 Å². The Balaban J connectivity index is 1.98. The van der Waals surface area contributed by atoms with E-state index < -0.39 is 21.2 Å². The Morgan fingerprint density at radius 2 is 1.83 bits per heavy atom. The molecule has 0 radical (unpaired) electrons. The highest BCUT2D eigenvalue weighted by atomic mass is 32.2. The van der Waals surface area contributed by atoms with Gasteiger partial charge in [-0.15, -0.1) is 0 Å². The number of sulfonamides is 1. The van der Waals surface area contributed by atoms with Crippen LogP contribution < -0.4 is 15.8 Å². The van der Waals surface area contributed by atoms with Crippen molar-refractivity contribution >= 4 is 27.8 Å². The highest BCUT2D eigenvalue weighted by Gasteiger charge is 2.38. The van der Waals surface area contributed by atoms with Crippen molar-refractivity contribution < 1.29 is 13.2 Å². The lowest BCUT2D eigenvalue weighted by Crippen LogP contribution is -2.33. The van der Waals surface area contributed by atoms with Gasteiger partial charge in [0.1, 0.15) is 5.25 Å². The summed E-state index contributed by atoms with van der Waals surface area (Å²) in [6.07, 6.45) is -0.203. The Morgan fingerprint density at radius 3 is 2.43 bits per heavy atom. The van der Waals surface area contributed by atoms with Crippen LogP contribution in [-0.2, 0) is 14.8 Å². The van der Waals surface area contributed by atoms with E-state index in [4.69, 9.17) is 10.9 Å². The van der Waals surface area contributed by atoms with Gasteiger partial charge in [0.05, 0.1) is 0 Å². The maximum Gasteiger partial charge on any atom is 0.237 e. The molecule has 1 aromatic carbocycles. The summed E-state index contributed by atoms with van der Waals surface area (Å²) < 4.78 is 22.9. The Hall–Kier alpha value is -2.59. The lowest BCUT2D eigenvalue weighted by atomic mass is 10.2. The third kappa shape index (κ3) is 3.12. The summed E-state index contributed by atoms with van der Waals surface area (Å²) >= 11 is 0. The second-order valence-electron chi connectivity index (χ2n) is 5.10. The summed E-state index contributed by atoms with van der Waals surface area (Å²) in [6.45, 7) is -0.102. The minimum Gasteiger partial charge on any atom is -0.368 e. The van der Waals surface area contributed by atoms with Crippen LogP contribution in [0, 0.1) is 0 Å². The highest BCUT2D eigenvalue weighted by molar-refractivity contribution is 7.89. The van der Waals surface area contributed by atoms with Gasteiger partial charge in [-0.05, 0) is 0 Å². The molecule has 0 aliphatic carbocycles.